The first-order chi connectivity index (χ1) is 11.7. The highest BCUT2D eigenvalue weighted by molar-refractivity contribution is 7.89. The minimum atomic E-state index is -4.82. The Morgan fingerprint density at radius 2 is 1.60 bits per heavy atom. The van der Waals surface area contributed by atoms with E-state index in [0.29, 0.717) is 26.1 Å². The molecule has 25 heavy (non-hydrogen) atoms. The fourth-order valence-electron chi connectivity index (χ4n) is 2.94. The fourth-order valence-corrected chi connectivity index (χ4v) is 4.38. The van der Waals surface area contributed by atoms with Crippen LogP contribution in [0.5, 0.6) is 5.75 Å². The number of piperidine rings is 1. The molecule has 2 fully saturated rings. The first-order valence-corrected chi connectivity index (χ1v) is 9.28. The minimum Gasteiger partial charge on any atom is -0.406 e. The second kappa shape index (κ2) is 6.75. The zero-order valence-corrected chi connectivity index (χ0v) is 14.1. The summed E-state index contributed by atoms with van der Waals surface area (Å²) in [6, 6.07) is 4.18. The minimum absolute atomic E-state index is 0.0801. The zero-order chi connectivity index (χ0) is 18.1. The quantitative estimate of drug-likeness (QED) is 0.805. The molecule has 1 aromatic carbocycles. The molecule has 2 aliphatic rings. The third-order valence-electron chi connectivity index (χ3n) is 4.20. The monoisotopic (exact) mass is 381 g/mol. The standard InChI is InChI=1S/C15H18F3NO5S/c16-15(17,18)24-12-2-4-13(5-3-12)25(20,21)19-8-6-14(7-9-19)22-10-1-11-23-14/h2-5H,1,6-11H2. The Bertz CT molecular complexity index is 689. The van der Waals surface area contributed by atoms with Crippen molar-refractivity contribution in [2.45, 2.75) is 36.3 Å². The highest BCUT2D eigenvalue weighted by atomic mass is 32.2. The van der Waals surface area contributed by atoms with Gasteiger partial charge in [-0.25, -0.2) is 8.42 Å². The van der Waals surface area contributed by atoms with Crippen molar-refractivity contribution in [1.82, 2.24) is 4.31 Å². The van der Waals surface area contributed by atoms with Crippen molar-refractivity contribution in [3.8, 4) is 5.75 Å². The van der Waals surface area contributed by atoms with Crippen molar-refractivity contribution in [1.29, 1.82) is 0 Å². The van der Waals surface area contributed by atoms with Crippen molar-refractivity contribution < 1.29 is 35.8 Å². The predicted molar refractivity (Wildman–Crippen MR) is 80.4 cm³/mol. The molecule has 2 heterocycles. The van der Waals surface area contributed by atoms with Crippen LogP contribution >= 0.6 is 0 Å². The highest BCUT2D eigenvalue weighted by Gasteiger charge is 2.41. The summed E-state index contributed by atoms with van der Waals surface area (Å²) in [6.07, 6.45) is -3.17. The number of nitrogens with zero attached hydrogens (tertiary/aromatic N) is 1. The van der Waals surface area contributed by atoms with E-state index in [1.165, 1.54) is 4.31 Å². The summed E-state index contributed by atoms with van der Waals surface area (Å²) in [4.78, 5) is -0.0801. The first kappa shape index (κ1) is 18.4. The van der Waals surface area contributed by atoms with E-state index in [9.17, 15) is 21.6 Å². The van der Waals surface area contributed by atoms with Gasteiger partial charge in [0.05, 0.1) is 18.1 Å². The molecule has 0 unspecified atom stereocenters. The van der Waals surface area contributed by atoms with E-state index in [1.54, 1.807) is 0 Å². The second-order valence-electron chi connectivity index (χ2n) is 5.88. The Morgan fingerprint density at radius 1 is 1.04 bits per heavy atom. The predicted octanol–water partition coefficient (Wildman–Crippen LogP) is 2.50. The van der Waals surface area contributed by atoms with Gasteiger partial charge in [0.1, 0.15) is 5.75 Å². The van der Waals surface area contributed by atoms with Crippen molar-refractivity contribution in [3.05, 3.63) is 24.3 Å². The molecule has 10 heteroatoms. The summed E-state index contributed by atoms with van der Waals surface area (Å²) in [6.45, 7) is 1.63. The summed E-state index contributed by atoms with van der Waals surface area (Å²) in [5.74, 6) is -1.18. The number of rotatable bonds is 3. The van der Waals surface area contributed by atoms with Gasteiger partial charge in [0.15, 0.2) is 5.79 Å². The van der Waals surface area contributed by atoms with E-state index in [2.05, 4.69) is 4.74 Å². The molecule has 0 aromatic heterocycles. The summed E-state index contributed by atoms with van der Waals surface area (Å²) >= 11 is 0. The van der Waals surface area contributed by atoms with E-state index < -0.39 is 27.9 Å². The van der Waals surface area contributed by atoms with E-state index in [-0.39, 0.29) is 18.0 Å². The molecule has 140 valence electrons. The molecule has 1 spiro atoms. The summed E-state index contributed by atoms with van der Waals surface area (Å²) in [7, 11) is -3.79. The van der Waals surface area contributed by atoms with Crippen molar-refractivity contribution in [2.24, 2.45) is 0 Å². The number of halogens is 3. The van der Waals surface area contributed by atoms with Gasteiger partial charge in [-0.3, -0.25) is 0 Å². The Balaban J connectivity index is 1.68. The van der Waals surface area contributed by atoms with Gasteiger partial charge in [0.2, 0.25) is 10.0 Å². The van der Waals surface area contributed by atoms with Crippen LogP contribution < -0.4 is 4.74 Å². The van der Waals surface area contributed by atoms with Gasteiger partial charge in [0.25, 0.3) is 0 Å². The number of alkyl halides is 3. The maximum atomic E-state index is 12.6. The van der Waals surface area contributed by atoms with Gasteiger partial charge in [-0.05, 0) is 30.7 Å². The molecule has 2 saturated heterocycles. The molecule has 6 nitrogen and oxygen atoms in total. The lowest BCUT2D eigenvalue weighted by Gasteiger charge is -2.42. The largest absolute Gasteiger partial charge is 0.573 e. The van der Waals surface area contributed by atoms with Crippen LogP contribution in [0.15, 0.2) is 29.2 Å². The lowest BCUT2D eigenvalue weighted by molar-refractivity contribution is -0.280. The van der Waals surface area contributed by atoms with Gasteiger partial charge < -0.3 is 14.2 Å². The van der Waals surface area contributed by atoms with Crippen LogP contribution in [0.4, 0.5) is 13.2 Å². The average Bonchev–Trinajstić information content (AvgIpc) is 2.55. The SMILES string of the molecule is O=S(=O)(c1ccc(OC(F)(F)F)cc1)N1CCC2(CC1)OCCCO2. The van der Waals surface area contributed by atoms with Gasteiger partial charge in [-0.2, -0.15) is 4.31 Å². The topological polar surface area (TPSA) is 65.1 Å². The van der Waals surface area contributed by atoms with Gasteiger partial charge >= 0.3 is 6.36 Å². The van der Waals surface area contributed by atoms with Gasteiger partial charge in [-0.15, -0.1) is 13.2 Å². The summed E-state index contributed by atoms with van der Waals surface area (Å²) in [5, 5.41) is 0. The highest BCUT2D eigenvalue weighted by Crippen LogP contribution is 2.33. The number of benzene rings is 1. The van der Waals surface area contributed by atoms with Crippen LogP contribution in [0.1, 0.15) is 19.3 Å². The van der Waals surface area contributed by atoms with E-state index >= 15 is 0 Å². The molecule has 0 amide bonds. The lowest BCUT2D eigenvalue weighted by Crippen LogP contribution is -2.51. The maximum Gasteiger partial charge on any atom is 0.573 e. The smallest absolute Gasteiger partial charge is 0.406 e. The number of hydrogen-bond donors (Lipinski definition) is 0. The molecular weight excluding hydrogens is 363 g/mol. The Morgan fingerprint density at radius 3 is 2.12 bits per heavy atom. The van der Waals surface area contributed by atoms with E-state index in [0.717, 1.165) is 30.7 Å². The van der Waals surface area contributed by atoms with Crippen LogP contribution in [0.3, 0.4) is 0 Å². The lowest BCUT2D eigenvalue weighted by atomic mass is 10.0. The molecular formula is C15H18F3NO5S. The Hall–Kier alpha value is -1.36. The third-order valence-corrected chi connectivity index (χ3v) is 6.11. The average molecular weight is 381 g/mol. The first-order valence-electron chi connectivity index (χ1n) is 7.84. The van der Waals surface area contributed by atoms with Gasteiger partial charge in [-0.1, -0.05) is 0 Å². The zero-order valence-electron chi connectivity index (χ0n) is 13.3. The fraction of sp³-hybridized carbons (Fsp3) is 0.600. The molecule has 0 N–H and O–H groups in total. The van der Waals surface area contributed by atoms with Crippen LogP contribution in [0.25, 0.3) is 0 Å². The molecule has 0 atom stereocenters. The molecule has 0 bridgehead atoms. The third kappa shape index (κ3) is 4.25. The molecule has 1 aromatic rings. The van der Waals surface area contributed by atoms with Crippen LogP contribution in [0, 0.1) is 0 Å². The normalized spacial score (nSPS) is 22.0. The number of ether oxygens (including phenoxy) is 3. The Labute approximate surface area is 143 Å². The van der Waals surface area contributed by atoms with Crippen LogP contribution in [0.2, 0.25) is 0 Å². The van der Waals surface area contributed by atoms with Gasteiger partial charge in [0, 0.05) is 25.9 Å². The number of sulfonamides is 1. The van der Waals surface area contributed by atoms with Crippen LogP contribution in [-0.4, -0.2) is 51.2 Å². The van der Waals surface area contributed by atoms with Crippen LogP contribution in [-0.2, 0) is 19.5 Å². The molecule has 2 aliphatic heterocycles. The van der Waals surface area contributed by atoms with Crippen molar-refractivity contribution >= 4 is 10.0 Å². The summed E-state index contributed by atoms with van der Waals surface area (Å²) in [5.41, 5.74) is 0. The van der Waals surface area contributed by atoms with E-state index in [1.807, 2.05) is 0 Å². The second-order valence-corrected chi connectivity index (χ2v) is 7.82. The number of hydrogen-bond acceptors (Lipinski definition) is 5. The Kier molecular flexibility index (Phi) is 4.97. The summed E-state index contributed by atoms with van der Waals surface area (Å²) < 4.78 is 78.2. The molecule has 0 radical (unpaired) electrons. The molecule has 0 saturated carbocycles. The maximum absolute atomic E-state index is 12.6. The molecule has 3 rings (SSSR count). The molecule has 0 aliphatic carbocycles. The van der Waals surface area contributed by atoms with E-state index in [4.69, 9.17) is 9.47 Å². The van der Waals surface area contributed by atoms with Crippen molar-refractivity contribution in [2.75, 3.05) is 26.3 Å². The van der Waals surface area contributed by atoms with Crippen molar-refractivity contribution in [3.63, 3.8) is 0 Å².